The van der Waals surface area contributed by atoms with Gasteiger partial charge >= 0.3 is 0 Å². The fraction of sp³-hybridized carbons (Fsp3) is 0.263. The number of nitrogens with zero attached hydrogens (tertiary/aromatic N) is 2. The first-order valence-electron chi connectivity index (χ1n) is 15.3. The van der Waals surface area contributed by atoms with Gasteiger partial charge in [-0.15, -0.1) is 53.6 Å². The topological polar surface area (TPSA) is 25.8 Å². The van der Waals surface area contributed by atoms with Gasteiger partial charge in [-0.25, -0.2) is 0 Å². The molecule has 6 heteroatoms. The summed E-state index contributed by atoms with van der Waals surface area (Å²) in [6, 6.07) is 29.6. The van der Waals surface area contributed by atoms with Crippen LogP contribution in [0.3, 0.4) is 0 Å². The standard InChI is InChI=1S/C20H15FNS.C18H24NSi.Ir/c1-12(2)13-9-10-22-17(11-13)14-7-8-16(21)19-15-5-3-4-6-18(15)23-20(14)19;1-14(2)11-16-12-17(15-9-7-6-8-10-15)19-13-18(16)20(3,4)5;/h3-6,8-12H,1-2H3;6-9,12-14H,11H2,1-5H3;/q2*-1;/i12D;;. The average Bonchev–Trinajstić information content (AvgIpc) is 3.37. The van der Waals surface area contributed by atoms with Crippen LogP contribution in [0.25, 0.3) is 42.7 Å². The molecule has 44 heavy (non-hydrogen) atoms. The van der Waals surface area contributed by atoms with E-state index in [9.17, 15) is 4.39 Å². The Morgan fingerprint density at radius 1 is 0.932 bits per heavy atom. The monoisotopic (exact) mass is 796 g/mol. The van der Waals surface area contributed by atoms with Gasteiger partial charge in [0.2, 0.25) is 0 Å². The van der Waals surface area contributed by atoms with E-state index in [0.29, 0.717) is 11.3 Å². The van der Waals surface area contributed by atoms with Crippen LogP contribution in [0.2, 0.25) is 19.6 Å². The fourth-order valence-corrected chi connectivity index (χ4v) is 8.09. The van der Waals surface area contributed by atoms with Gasteiger partial charge in [0.05, 0.1) is 8.07 Å². The smallest absolute Gasteiger partial charge is 0.0798 e. The van der Waals surface area contributed by atoms with Gasteiger partial charge in [-0.1, -0.05) is 88.8 Å². The normalized spacial score (nSPS) is 12.1. The molecule has 0 atom stereocenters. The molecule has 1 radical (unpaired) electrons. The van der Waals surface area contributed by atoms with Gasteiger partial charge in [0, 0.05) is 44.4 Å². The first-order chi connectivity index (χ1) is 20.8. The Kier molecular flexibility index (Phi) is 10.6. The van der Waals surface area contributed by atoms with Crippen LogP contribution in [-0.2, 0) is 26.5 Å². The number of halogens is 1. The number of aromatic nitrogens is 2. The summed E-state index contributed by atoms with van der Waals surface area (Å²) in [6.07, 6.45) is 4.94. The second-order valence-corrected chi connectivity index (χ2v) is 18.7. The third-order valence-electron chi connectivity index (χ3n) is 7.41. The predicted octanol–water partition coefficient (Wildman–Crippen LogP) is 10.5. The molecule has 0 spiro atoms. The summed E-state index contributed by atoms with van der Waals surface area (Å²) < 4.78 is 24.6. The second-order valence-electron chi connectivity index (χ2n) is 12.6. The van der Waals surface area contributed by atoms with Crippen LogP contribution in [-0.4, -0.2) is 18.0 Å². The van der Waals surface area contributed by atoms with Crippen LogP contribution in [0.1, 0.15) is 46.1 Å². The molecule has 6 aromatic rings. The Bertz CT molecular complexity index is 1910. The van der Waals surface area contributed by atoms with Crippen molar-refractivity contribution in [1.29, 1.82) is 0 Å². The molecule has 0 aliphatic carbocycles. The molecule has 3 aromatic heterocycles. The first kappa shape index (κ1) is 32.4. The van der Waals surface area contributed by atoms with E-state index in [0.717, 1.165) is 49.3 Å². The zero-order valence-electron chi connectivity index (χ0n) is 27.4. The molecule has 0 saturated heterocycles. The number of hydrogen-bond acceptors (Lipinski definition) is 3. The first-order valence-corrected chi connectivity index (χ1v) is 19.1. The minimum Gasteiger partial charge on any atom is -0.305 e. The van der Waals surface area contributed by atoms with Crippen molar-refractivity contribution in [3.05, 3.63) is 114 Å². The van der Waals surface area contributed by atoms with E-state index < -0.39 is 14.0 Å². The molecule has 0 N–H and O–H groups in total. The van der Waals surface area contributed by atoms with E-state index in [4.69, 9.17) is 1.37 Å². The summed E-state index contributed by atoms with van der Waals surface area (Å²) in [6.45, 7) is 15.4. The number of rotatable bonds is 6. The van der Waals surface area contributed by atoms with E-state index in [1.165, 1.54) is 16.8 Å². The maximum atomic E-state index is 14.4. The molecule has 0 fully saturated rings. The number of thiophene rings is 1. The maximum absolute atomic E-state index is 14.4. The van der Waals surface area contributed by atoms with Crippen molar-refractivity contribution in [3.8, 4) is 22.5 Å². The third-order valence-corrected chi connectivity index (χ3v) is 10.7. The number of hydrogen-bond donors (Lipinski definition) is 0. The van der Waals surface area contributed by atoms with E-state index >= 15 is 0 Å². The molecule has 0 saturated carbocycles. The van der Waals surface area contributed by atoms with Gasteiger partial charge in [0.1, 0.15) is 0 Å². The summed E-state index contributed by atoms with van der Waals surface area (Å²) in [5, 5.41) is 3.04. The van der Waals surface area contributed by atoms with Crippen LogP contribution in [0.5, 0.6) is 0 Å². The molecule has 0 amide bonds. The van der Waals surface area contributed by atoms with Gasteiger partial charge < -0.3 is 9.97 Å². The van der Waals surface area contributed by atoms with Gasteiger partial charge in [-0.3, -0.25) is 4.39 Å². The van der Waals surface area contributed by atoms with Crippen LogP contribution in [0.15, 0.2) is 85.2 Å². The fourth-order valence-electron chi connectivity index (χ4n) is 5.28. The van der Waals surface area contributed by atoms with Crippen LogP contribution < -0.4 is 5.19 Å². The molecule has 0 aliphatic heterocycles. The molecule has 0 bridgehead atoms. The van der Waals surface area contributed by atoms with Crippen molar-refractivity contribution in [1.82, 2.24) is 9.97 Å². The summed E-state index contributed by atoms with van der Waals surface area (Å²) in [7, 11) is -1.34. The predicted molar refractivity (Wildman–Crippen MR) is 185 cm³/mol. The quantitative estimate of drug-likeness (QED) is 0.124. The van der Waals surface area contributed by atoms with Crippen molar-refractivity contribution in [3.63, 3.8) is 0 Å². The second kappa shape index (κ2) is 14.4. The molecule has 2 nitrogen and oxygen atoms in total. The van der Waals surface area contributed by atoms with Gasteiger partial charge in [-0.2, -0.15) is 11.3 Å². The van der Waals surface area contributed by atoms with Crippen molar-refractivity contribution in [2.75, 3.05) is 0 Å². The zero-order chi connectivity index (χ0) is 31.6. The van der Waals surface area contributed by atoms with E-state index in [2.05, 4.69) is 73.9 Å². The molecular weight excluding hydrogens is 756 g/mol. The zero-order valence-corrected chi connectivity index (χ0v) is 30.6. The number of pyridine rings is 2. The molecular formula is C38H39FIrN2SSi-2. The van der Waals surface area contributed by atoms with Gasteiger partial charge in [0.25, 0.3) is 0 Å². The minimum absolute atomic E-state index is 0. The Morgan fingerprint density at radius 2 is 1.68 bits per heavy atom. The Hall–Kier alpha value is -3.02. The SMILES string of the molecule is CC(C)Cc1cc(-c2[c-]cccc2)ncc1[Si](C)(C)C.[2H]C(C)(C)c1ccnc(-c2[c-]cc(F)c3c2sc2ccccc23)c1.[Ir]. The van der Waals surface area contributed by atoms with Crippen molar-refractivity contribution in [2.24, 2.45) is 5.92 Å². The molecule has 3 heterocycles. The average molecular weight is 796 g/mol. The molecule has 6 rings (SSSR count). The van der Waals surface area contributed by atoms with E-state index in [1.807, 2.05) is 68.4 Å². The summed E-state index contributed by atoms with van der Waals surface area (Å²) >= 11 is 1.55. The maximum Gasteiger partial charge on any atom is 0.0798 e. The molecule has 0 unspecified atom stereocenters. The summed E-state index contributed by atoms with van der Waals surface area (Å²) in [4.78, 5) is 9.13. The number of benzene rings is 3. The van der Waals surface area contributed by atoms with Gasteiger partial charge in [0.15, 0.2) is 0 Å². The Balaban J connectivity index is 0.000000204. The summed E-state index contributed by atoms with van der Waals surface area (Å²) in [5.41, 5.74) is 5.99. The van der Waals surface area contributed by atoms with Crippen molar-refractivity contribution < 1.29 is 25.9 Å². The van der Waals surface area contributed by atoms with Crippen molar-refractivity contribution in [2.45, 2.75) is 59.7 Å². The van der Waals surface area contributed by atoms with Crippen molar-refractivity contribution >= 4 is 44.8 Å². The van der Waals surface area contributed by atoms with Crippen LogP contribution >= 0.6 is 11.3 Å². The largest absolute Gasteiger partial charge is 0.305 e. The Morgan fingerprint density at radius 3 is 2.36 bits per heavy atom. The van der Waals surface area contributed by atoms with E-state index in [-0.39, 0.29) is 25.9 Å². The number of fused-ring (bicyclic) bond motifs is 3. The molecule has 0 aliphatic rings. The summed E-state index contributed by atoms with van der Waals surface area (Å²) in [5.74, 6) is -0.305. The van der Waals surface area contributed by atoms with E-state index in [1.54, 1.807) is 17.5 Å². The minimum atomic E-state index is -1.34. The van der Waals surface area contributed by atoms with Gasteiger partial charge in [-0.05, 0) is 62.4 Å². The van der Waals surface area contributed by atoms with Crippen LogP contribution in [0.4, 0.5) is 4.39 Å². The molecule has 229 valence electrons. The Labute approximate surface area is 281 Å². The van der Waals surface area contributed by atoms with Crippen LogP contribution in [0, 0.1) is 23.9 Å². The third kappa shape index (κ3) is 7.60. The molecule has 3 aromatic carbocycles.